The quantitative estimate of drug-likeness (QED) is 0.112. The van der Waals surface area contributed by atoms with Crippen molar-refractivity contribution in [3.05, 3.63) is 59.7 Å². The molecule has 2 aliphatic carbocycles. The lowest BCUT2D eigenvalue weighted by Crippen LogP contribution is -2.32. The summed E-state index contributed by atoms with van der Waals surface area (Å²) in [6.45, 7) is 8.06. The van der Waals surface area contributed by atoms with E-state index in [1.54, 1.807) is 0 Å². The molecule has 8 nitrogen and oxygen atoms in total. The Bertz CT molecular complexity index is 941. The first-order valence-electron chi connectivity index (χ1n) is 18.3. The third kappa shape index (κ3) is 15.7. The summed E-state index contributed by atoms with van der Waals surface area (Å²) in [6.07, 6.45) is 15.1. The zero-order valence-electron chi connectivity index (χ0n) is 30.0. The van der Waals surface area contributed by atoms with Gasteiger partial charge >= 0.3 is 0 Å². The van der Waals surface area contributed by atoms with Crippen molar-refractivity contribution in [2.45, 2.75) is 109 Å². The molecule has 2 saturated carbocycles. The number of hydrogen-bond acceptors (Lipinski definition) is 8. The van der Waals surface area contributed by atoms with E-state index in [2.05, 4.69) is 60.2 Å². The Kier molecular flexibility index (Phi) is 20.9. The molecule has 2 atom stereocenters. The van der Waals surface area contributed by atoms with E-state index in [-0.39, 0.29) is 18.6 Å². The van der Waals surface area contributed by atoms with Crippen LogP contribution in [0.4, 0.5) is 0 Å². The van der Waals surface area contributed by atoms with Crippen LogP contribution in [0.1, 0.15) is 102 Å². The first-order chi connectivity index (χ1) is 22.9. The number of ether oxygens (including phenoxy) is 2. The fourth-order valence-electron chi connectivity index (χ4n) is 6.71. The summed E-state index contributed by atoms with van der Waals surface area (Å²) in [5.41, 5.74) is 11.2. The molecule has 2 aliphatic rings. The summed E-state index contributed by atoms with van der Waals surface area (Å²) in [7, 11) is 3.00. The zero-order valence-corrected chi connectivity index (χ0v) is 30.0. The molecule has 0 spiro atoms. The summed E-state index contributed by atoms with van der Waals surface area (Å²) in [4.78, 5) is 0. The Morgan fingerprint density at radius 3 is 1.30 bits per heavy atom. The molecule has 47 heavy (non-hydrogen) atoms. The highest BCUT2D eigenvalue weighted by Gasteiger charge is 2.23. The van der Waals surface area contributed by atoms with E-state index in [0.717, 1.165) is 36.4 Å². The molecule has 4 rings (SSSR count). The van der Waals surface area contributed by atoms with Crippen molar-refractivity contribution >= 4 is 0 Å². The maximum atomic E-state index is 10.3. The molecule has 0 radical (unpaired) electrons. The number of hydrogen-bond donors (Lipinski definition) is 6. The maximum absolute atomic E-state index is 10.3. The van der Waals surface area contributed by atoms with Crippen LogP contribution in [0.2, 0.25) is 0 Å². The minimum Gasteiger partial charge on any atom is -0.491 e. The van der Waals surface area contributed by atoms with Gasteiger partial charge in [-0.2, -0.15) is 0 Å². The molecule has 0 amide bonds. The third-order valence-electron chi connectivity index (χ3n) is 9.70. The van der Waals surface area contributed by atoms with E-state index in [9.17, 15) is 10.2 Å². The molecule has 0 aromatic heterocycles. The number of benzene rings is 2. The predicted octanol–water partition coefficient (Wildman–Crippen LogP) is 5.76. The fraction of sp³-hybridized carbons (Fsp3) is 0.692. The molecule has 2 fully saturated rings. The van der Waals surface area contributed by atoms with Gasteiger partial charge in [0.15, 0.2) is 0 Å². The monoisotopic (exact) mass is 657 g/mol. The zero-order chi connectivity index (χ0) is 34.3. The predicted molar refractivity (Wildman–Crippen MR) is 196 cm³/mol. The van der Waals surface area contributed by atoms with Gasteiger partial charge in [0.1, 0.15) is 36.9 Å². The third-order valence-corrected chi connectivity index (χ3v) is 9.70. The molecule has 0 heterocycles. The number of rotatable bonds is 18. The highest BCUT2D eigenvalue weighted by atomic mass is 16.5. The van der Waals surface area contributed by atoms with E-state index in [1.807, 2.05) is 24.3 Å². The number of aliphatic hydroxyl groups is 2. The Balaban J connectivity index is 0.00000185. The summed E-state index contributed by atoms with van der Waals surface area (Å²) < 4.78 is 11.8. The Morgan fingerprint density at radius 2 is 0.957 bits per heavy atom. The van der Waals surface area contributed by atoms with E-state index in [1.165, 1.54) is 102 Å². The van der Waals surface area contributed by atoms with Gasteiger partial charge in [-0.3, -0.25) is 0 Å². The second kappa shape index (κ2) is 24.0. The summed E-state index contributed by atoms with van der Waals surface area (Å²) in [5.74, 6) is 3.25. The highest BCUT2D eigenvalue weighted by Crippen LogP contribution is 2.33. The van der Waals surface area contributed by atoms with Crippen molar-refractivity contribution in [1.29, 1.82) is 0 Å². The van der Waals surface area contributed by atoms with Gasteiger partial charge in [-0.25, -0.2) is 0 Å². The van der Waals surface area contributed by atoms with Crippen LogP contribution in [0.25, 0.3) is 0 Å². The van der Waals surface area contributed by atoms with Crippen molar-refractivity contribution in [2.24, 2.45) is 23.3 Å². The van der Waals surface area contributed by atoms with E-state index < -0.39 is 12.2 Å². The van der Waals surface area contributed by atoms with Crippen LogP contribution in [0.15, 0.2) is 48.5 Å². The Morgan fingerprint density at radius 1 is 0.617 bits per heavy atom. The first-order valence-corrected chi connectivity index (χ1v) is 18.3. The smallest absolute Gasteiger partial charge is 0.119 e. The van der Waals surface area contributed by atoms with Gasteiger partial charge < -0.3 is 41.8 Å². The van der Waals surface area contributed by atoms with Crippen molar-refractivity contribution in [2.75, 3.05) is 53.5 Å². The number of aliphatic hydroxyl groups excluding tert-OH is 2. The summed E-state index contributed by atoms with van der Waals surface area (Å²) in [5, 5.41) is 27.5. The van der Waals surface area contributed by atoms with E-state index in [4.69, 9.17) is 9.47 Å². The molecule has 0 aliphatic heterocycles. The molecule has 2 aromatic carbocycles. The molecular weight excluding hydrogens is 588 g/mol. The lowest BCUT2D eigenvalue weighted by Gasteiger charge is -2.26. The van der Waals surface area contributed by atoms with Crippen molar-refractivity contribution in [3.8, 4) is 11.5 Å². The molecule has 0 bridgehead atoms. The van der Waals surface area contributed by atoms with Crippen molar-refractivity contribution < 1.29 is 19.7 Å². The average Bonchev–Trinajstić information content (AvgIpc) is 3.13. The largest absolute Gasteiger partial charge is 0.491 e. The molecular formula is C39H68N4O4. The first kappa shape index (κ1) is 41.0. The van der Waals surface area contributed by atoms with Crippen LogP contribution >= 0.6 is 0 Å². The summed E-state index contributed by atoms with van der Waals surface area (Å²) in [6, 6.07) is 16.4. The second-order valence-electron chi connectivity index (χ2n) is 13.6. The SMILES string of the molecule is CC(C)(c1ccc(OCC(O)CNCCC2CCCCC2)cc1)c1ccc(OCC(O)CNCCC2CCCCC2)cc1.CN.CN. The molecule has 268 valence electrons. The van der Waals surface area contributed by atoms with E-state index >= 15 is 0 Å². The number of nitrogens with one attached hydrogen (secondary N) is 2. The van der Waals surface area contributed by atoms with Gasteiger partial charge in [0.05, 0.1) is 0 Å². The molecule has 0 saturated heterocycles. The average molecular weight is 657 g/mol. The standard InChI is InChI=1S/C37H58N2O4.2CH5N/c1-37(2,31-13-17-35(18-14-31)42-27-33(40)25-38-23-21-29-9-5-3-6-10-29)32-15-19-36(20-16-32)43-28-34(41)26-39-24-22-30-11-7-4-8-12-30;2*1-2/h13-20,29-30,33-34,38-41H,3-12,21-28H2,1-2H3;2*2H2,1H3. The maximum Gasteiger partial charge on any atom is 0.119 e. The van der Waals surface area contributed by atoms with Gasteiger partial charge in [0.2, 0.25) is 0 Å². The van der Waals surface area contributed by atoms with Gasteiger partial charge in [-0.1, -0.05) is 102 Å². The van der Waals surface area contributed by atoms with E-state index in [0.29, 0.717) is 13.1 Å². The molecule has 2 unspecified atom stereocenters. The Labute approximate surface area is 286 Å². The van der Waals surface area contributed by atoms with Crippen LogP contribution in [-0.2, 0) is 5.41 Å². The molecule has 8 N–H and O–H groups in total. The van der Waals surface area contributed by atoms with Gasteiger partial charge in [-0.15, -0.1) is 0 Å². The van der Waals surface area contributed by atoms with Crippen LogP contribution in [-0.4, -0.2) is 75.9 Å². The fourth-order valence-corrected chi connectivity index (χ4v) is 6.71. The van der Waals surface area contributed by atoms with Crippen molar-refractivity contribution in [1.82, 2.24) is 10.6 Å². The van der Waals surface area contributed by atoms with Gasteiger partial charge in [0, 0.05) is 18.5 Å². The van der Waals surface area contributed by atoms with Crippen LogP contribution in [0.5, 0.6) is 11.5 Å². The highest BCUT2D eigenvalue weighted by molar-refractivity contribution is 5.41. The van der Waals surface area contributed by atoms with Gasteiger partial charge in [-0.05, 0) is 87.3 Å². The summed E-state index contributed by atoms with van der Waals surface area (Å²) >= 11 is 0. The second-order valence-corrected chi connectivity index (χ2v) is 13.6. The van der Waals surface area contributed by atoms with Crippen molar-refractivity contribution in [3.63, 3.8) is 0 Å². The van der Waals surface area contributed by atoms with Crippen LogP contribution in [0, 0.1) is 11.8 Å². The van der Waals surface area contributed by atoms with Crippen LogP contribution < -0.4 is 31.6 Å². The minimum atomic E-state index is -0.521. The normalized spacial score (nSPS) is 17.0. The van der Waals surface area contributed by atoms with Crippen LogP contribution in [0.3, 0.4) is 0 Å². The minimum absolute atomic E-state index is 0.194. The molecule has 8 heteroatoms. The number of nitrogens with two attached hydrogens (primary N) is 2. The topological polar surface area (TPSA) is 135 Å². The lowest BCUT2D eigenvalue weighted by molar-refractivity contribution is 0.106. The van der Waals surface area contributed by atoms with Gasteiger partial charge in [0.25, 0.3) is 0 Å². The lowest BCUT2D eigenvalue weighted by atomic mass is 9.78. The molecule has 2 aromatic rings. The Hall–Kier alpha value is -2.20.